The summed E-state index contributed by atoms with van der Waals surface area (Å²) >= 11 is 0. The van der Waals surface area contributed by atoms with Crippen LogP contribution in [0, 0.1) is 0 Å². The molecular formula is C13H15NO3. The molecule has 1 aromatic rings. The van der Waals surface area contributed by atoms with Crippen molar-refractivity contribution in [2.75, 3.05) is 0 Å². The van der Waals surface area contributed by atoms with Crippen molar-refractivity contribution < 1.29 is 14.7 Å². The number of hydrogen-bond donors (Lipinski definition) is 2. The van der Waals surface area contributed by atoms with Crippen LogP contribution in [0.1, 0.15) is 23.6 Å². The molecule has 0 bridgehead atoms. The predicted octanol–water partition coefficient (Wildman–Crippen LogP) is 0.917. The average Bonchev–Trinajstić information content (AvgIpc) is 2.56. The van der Waals surface area contributed by atoms with Crippen molar-refractivity contribution in [1.82, 2.24) is 5.32 Å². The maximum absolute atomic E-state index is 11.0. The smallest absolute Gasteiger partial charge is 0.307 e. The fourth-order valence-electron chi connectivity index (χ4n) is 2.35. The van der Waals surface area contributed by atoms with Gasteiger partial charge < -0.3 is 10.4 Å². The Labute approximate surface area is 99.6 Å². The Bertz CT molecular complexity index is 468. The fraction of sp³-hybridized carbons (Fsp3) is 0.385. The SMILES string of the molecule is CC(=O)NC1Cc2ccc(CC(=O)O)cc2C1. The summed E-state index contributed by atoms with van der Waals surface area (Å²) in [7, 11) is 0. The average molecular weight is 233 g/mol. The minimum absolute atomic E-state index is 0.0198. The largest absolute Gasteiger partial charge is 0.481 e. The van der Waals surface area contributed by atoms with Crippen LogP contribution in [0.25, 0.3) is 0 Å². The van der Waals surface area contributed by atoms with E-state index in [1.807, 2.05) is 18.2 Å². The van der Waals surface area contributed by atoms with Gasteiger partial charge in [-0.25, -0.2) is 0 Å². The molecule has 2 rings (SSSR count). The summed E-state index contributed by atoms with van der Waals surface area (Å²) < 4.78 is 0. The number of nitrogens with one attached hydrogen (secondary N) is 1. The number of rotatable bonds is 3. The molecule has 17 heavy (non-hydrogen) atoms. The molecule has 0 aliphatic heterocycles. The van der Waals surface area contributed by atoms with E-state index in [0.29, 0.717) is 0 Å². The first-order valence-electron chi connectivity index (χ1n) is 5.64. The minimum atomic E-state index is -0.818. The summed E-state index contributed by atoms with van der Waals surface area (Å²) in [6, 6.07) is 5.91. The van der Waals surface area contributed by atoms with E-state index in [9.17, 15) is 9.59 Å². The van der Waals surface area contributed by atoms with Crippen LogP contribution >= 0.6 is 0 Å². The number of fused-ring (bicyclic) bond motifs is 1. The molecule has 1 unspecified atom stereocenters. The highest BCUT2D eigenvalue weighted by atomic mass is 16.4. The van der Waals surface area contributed by atoms with Crippen molar-refractivity contribution in [2.45, 2.75) is 32.2 Å². The lowest BCUT2D eigenvalue weighted by Crippen LogP contribution is -2.33. The topological polar surface area (TPSA) is 66.4 Å². The van der Waals surface area contributed by atoms with Crippen LogP contribution in [0.2, 0.25) is 0 Å². The molecule has 1 atom stereocenters. The second-order valence-corrected chi connectivity index (χ2v) is 4.48. The summed E-state index contributed by atoms with van der Waals surface area (Å²) in [4.78, 5) is 21.6. The van der Waals surface area contributed by atoms with Crippen LogP contribution in [0.3, 0.4) is 0 Å². The Morgan fingerprint density at radius 3 is 2.71 bits per heavy atom. The van der Waals surface area contributed by atoms with Crippen molar-refractivity contribution >= 4 is 11.9 Å². The number of benzene rings is 1. The standard InChI is InChI=1S/C13H15NO3/c1-8(15)14-12-6-10-3-2-9(5-13(16)17)4-11(10)7-12/h2-4,12H,5-7H2,1H3,(H,14,15)(H,16,17). The third kappa shape index (κ3) is 2.84. The second kappa shape index (κ2) is 4.57. The highest BCUT2D eigenvalue weighted by Gasteiger charge is 2.22. The van der Waals surface area contributed by atoms with Crippen molar-refractivity contribution in [3.63, 3.8) is 0 Å². The van der Waals surface area contributed by atoms with Gasteiger partial charge in [0, 0.05) is 13.0 Å². The van der Waals surface area contributed by atoms with Gasteiger partial charge in [0.05, 0.1) is 6.42 Å². The molecule has 0 saturated carbocycles. The highest BCUT2D eigenvalue weighted by Crippen LogP contribution is 2.23. The van der Waals surface area contributed by atoms with E-state index in [-0.39, 0.29) is 18.4 Å². The fourth-order valence-corrected chi connectivity index (χ4v) is 2.35. The van der Waals surface area contributed by atoms with E-state index < -0.39 is 5.97 Å². The van der Waals surface area contributed by atoms with E-state index >= 15 is 0 Å². The quantitative estimate of drug-likeness (QED) is 0.815. The number of amides is 1. The van der Waals surface area contributed by atoms with Crippen molar-refractivity contribution in [3.05, 3.63) is 34.9 Å². The van der Waals surface area contributed by atoms with Crippen LogP contribution in [-0.2, 0) is 28.9 Å². The molecule has 0 aromatic heterocycles. The van der Waals surface area contributed by atoms with Crippen molar-refractivity contribution in [3.8, 4) is 0 Å². The Morgan fingerprint density at radius 2 is 2.06 bits per heavy atom. The molecule has 0 spiro atoms. The van der Waals surface area contributed by atoms with Gasteiger partial charge in [0.15, 0.2) is 0 Å². The lowest BCUT2D eigenvalue weighted by atomic mass is 10.0. The first-order chi connectivity index (χ1) is 8.04. The number of aliphatic carboxylic acids is 1. The number of carboxylic acids is 1. The van der Waals surface area contributed by atoms with Crippen LogP contribution in [0.5, 0.6) is 0 Å². The maximum atomic E-state index is 11.0. The number of carboxylic acid groups (broad SMARTS) is 1. The summed E-state index contributed by atoms with van der Waals surface area (Å²) in [6.45, 7) is 1.51. The van der Waals surface area contributed by atoms with E-state index in [2.05, 4.69) is 5.32 Å². The molecule has 0 saturated heterocycles. The zero-order valence-corrected chi connectivity index (χ0v) is 9.69. The van der Waals surface area contributed by atoms with Crippen LogP contribution in [0.4, 0.5) is 0 Å². The van der Waals surface area contributed by atoms with Gasteiger partial charge in [0.1, 0.15) is 0 Å². The number of hydrogen-bond acceptors (Lipinski definition) is 2. The third-order valence-corrected chi connectivity index (χ3v) is 2.97. The second-order valence-electron chi connectivity index (χ2n) is 4.48. The third-order valence-electron chi connectivity index (χ3n) is 2.97. The van der Waals surface area contributed by atoms with E-state index in [1.54, 1.807) is 0 Å². The van der Waals surface area contributed by atoms with Gasteiger partial charge in [-0.15, -0.1) is 0 Å². The molecule has 1 amide bonds. The van der Waals surface area contributed by atoms with Gasteiger partial charge in [0.2, 0.25) is 5.91 Å². The summed E-state index contributed by atoms with van der Waals surface area (Å²) in [5.41, 5.74) is 3.18. The first kappa shape index (κ1) is 11.6. The first-order valence-corrected chi connectivity index (χ1v) is 5.64. The van der Waals surface area contributed by atoms with Gasteiger partial charge in [0.25, 0.3) is 0 Å². The summed E-state index contributed by atoms with van der Waals surface area (Å²) in [6.07, 6.45) is 1.68. The van der Waals surface area contributed by atoms with Crippen molar-refractivity contribution in [2.24, 2.45) is 0 Å². The Hall–Kier alpha value is -1.84. The highest BCUT2D eigenvalue weighted by molar-refractivity contribution is 5.73. The predicted molar refractivity (Wildman–Crippen MR) is 62.8 cm³/mol. The lowest BCUT2D eigenvalue weighted by molar-refractivity contribution is -0.136. The van der Waals surface area contributed by atoms with E-state index in [4.69, 9.17) is 5.11 Å². The van der Waals surface area contributed by atoms with Crippen molar-refractivity contribution in [1.29, 1.82) is 0 Å². The summed E-state index contributed by atoms with van der Waals surface area (Å²) in [5, 5.41) is 11.6. The molecule has 4 heteroatoms. The lowest BCUT2D eigenvalue weighted by Gasteiger charge is -2.08. The molecule has 0 radical (unpaired) electrons. The van der Waals surface area contributed by atoms with Gasteiger partial charge in [-0.1, -0.05) is 18.2 Å². The van der Waals surface area contributed by atoms with Gasteiger partial charge in [-0.3, -0.25) is 9.59 Å². The normalized spacial score (nSPS) is 17.6. The van der Waals surface area contributed by atoms with E-state index in [0.717, 1.165) is 24.0 Å². The molecule has 1 aliphatic rings. The Kier molecular flexibility index (Phi) is 3.13. The monoisotopic (exact) mass is 233 g/mol. The number of carbonyl (C=O) groups excluding carboxylic acids is 1. The minimum Gasteiger partial charge on any atom is -0.481 e. The number of carbonyl (C=O) groups is 2. The Morgan fingerprint density at radius 1 is 1.35 bits per heavy atom. The molecular weight excluding hydrogens is 218 g/mol. The van der Waals surface area contributed by atoms with E-state index in [1.165, 1.54) is 12.5 Å². The zero-order valence-electron chi connectivity index (χ0n) is 9.69. The van der Waals surface area contributed by atoms with Crippen LogP contribution in [-0.4, -0.2) is 23.0 Å². The maximum Gasteiger partial charge on any atom is 0.307 e. The van der Waals surface area contributed by atoms with Gasteiger partial charge in [-0.05, 0) is 29.5 Å². The Balaban J connectivity index is 2.10. The molecule has 1 aromatic carbocycles. The van der Waals surface area contributed by atoms with Crippen LogP contribution in [0.15, 0.2) is 18.2 Å². The van der Waals surface area contributed by atoms with Crippen LogP contribution < -0.4 is 5.32 Å². The van der Waals surface area contributed by atoms with Gasteiger partial charge >= 0.3 is 5.97 Å². The summed E-state index contributed by atoms with van der Waals surface area (Å²) in [5.74, 6) is -0.838. The molecule has 1 aliphatic carbocycles. The molecule has 90 valence electrons. The van der Waals surface area contributed by atoms with Gasteiger partial charge in [-0.2, -0.15) is 0 Å². The molecule has 0 heterocycles. The zero-order chi connectivity index (χ0) is 12.4. The molecule has 2 N–H and O–H groups in total. The molecule has 0 fully saturated rings. The molecule has 4 nitrogen and oxygen atoms in total.